The normalized spacial score (nSPS) is 20.6. The number of hydrogen-bond donors (Lipinski definition) is 2. The van der Waals surface area contributed by atoms with E-state index in [2.05, 4.69) is 10.6 Å². The van der Waals surface area contributed by atoms with E-state index in [1.807, 2.05) is 18.2 Å². The van der Waals surface area contributed by atoms with Crippen molar-refractivity contribution in [1.82, 2.24) is 10.6 Å². The highest BCUT2D eigenvalue weighted by molar-refractivity contribution is 5.76. The minimum absolute atomic E-state index is 0.113. The molecule has 138 valence electrons. The molecule has 0 bridgehead atoms. The van der Waals surface area contributed by atoms with Gasteiger partial charge in [-0.1, -0.05) is 12.1 Å². The molecule has 2 aliphatic rings. The van der Waals surface area contributed by atoms with Gasteiger partial charge in [0.1, 0.15) is 0 Å². The van der Waals surface area contributed by atoms with Gasteiger partial charge < -0.3 is 20.1 Å². The first-order chi connectivity index (χ1) is 12.3. The standard InChI is InChI=1S/C20H30N2O3/c1-24-18-8-4-5-16(20(18)25-17-6-2-3-7-17)14-22-19(23)10-9-15-11-12-21-13-15/h4-5,8,15,17,21H,2-3,6-7,9-14H2,1H3,(H,22,23). The molecule has 0 radical (unpaired) electrons. The minimum Gasteiger partial charge on any atom is -0.493 e. The maximum atomic E-state index is 12.2. The van der Waals surface area contributed by atoms with Gasteiger partial charge in [0.25, 0.3) is 0 Å². The predicted octanol–water partition coefficient (Wildman–Crippen LogP) is 3.02. The summed E-state index contributed by atoms with van der Waals surface area (Å²) in [6, 6.07) is 5.88. The Hall–Kier alpha value is -1.75. The Morgan fingerprint density at radius 1 is 1.28 bits per heavy atom. The van der Waals surface area contributed by atoms with Crippen molar-refractivity contribution in [1.29, 1.82) is 0 Å². The first-order valence-corrected chi connectivity index (χ1v) is 9.56. The van der Waals surface area contributed by atoms with Crippen LogP contribution >= 0.6 is 0 Å². The zero-order chi connectivity index (χ0) is 17.5. The predicted molar refractivity (Wildman–Crippen MR) is 97.9 cm³/mol. The number of para-hydroxylation sites is 1. The van der Waals surface area contributed by atoms with Gasteiger partial charge >= 0.3 is 0 Å². The van der Waals surface area contributed by atoms with Crippen LogP contribution in [0.3, 0.4) is 0 Å². The van der Waals surface area contributed by atoms with Gasteiger partial charge in [0.15, 0.2) is 11.5 Å². The number of rotatable bonds is 8. The van der Waals surface area contributed by atoms with E-state index in [4.69, 9.17) is 9.47 Å². The summed E-state index contributed by atoms with van der Waals surface area (Å²) in [5.74, 6) is 2.29. The fourth-order valence-electron chi connectivity index (χ4n) is 3.75. The van der Waals surface area contributed by atoms with Crippen molar-refractivity contribution in [2.24, 2.45) is 5.92 Å². The fraction of sp³-hybridized carbons (Fsp3) is 0.650. The number of carbonyl (C=O) groups is 1. The van der Waals surface area contributed by atoms with Crippen molar-refractivity contribution in [2.75, 3.05) is 20.2 Å². The quantitative estimate of drug-likeness (QED) is 0.760. The molecule has 2 fully saturated rings. The molecule has 0 spiro atoms. The molecule has 1 unspecified atom stereocenters. The lowest BCUT2D eigenvalue weighted by Gasteiger charge is -2.19. The highest BCUT2D eigenvalue weighted by Crippen LogP contribution is 2.34. The van der Waals surface area contributed by atoms with Gasteiger partial charge in [-0.15, -0.1) is 0 Å². The second kappa shape index (κ2) is 9.09. The lowest BCUT2D eigenvalue weighted by atomic mass is 10.0. The van der Waals surface area contributed by atoms with Gasteiger partial charge in [-0.25, -0.2) is 0 Å². The minimum atomic E-state index is 0.113. The average molecular weight is 346 g/mol. The molecule has 5 nitrogen and oxygen atoms in total. The van der Waals surface area contributed by atoms with E-state index in [1.54, 1.807) is 7.11 Å². The molecule has 1 saturated heterocycles. The molecule has 0 aromatic heterocycles. The van der Waals surface area contributed by atoms with Crippen molar-refractivity contribution in [2.45, 2.75) is 57.6 Å². The van der Waals surface area contributed by atoms with E-state index in [9.17, 15) is 4.79 Å². The first kappa shape index (κ1) is 18.1. The third kappa shape index (κ3) is 5.11. The molecule has 1 aromatic carbocycles. The summed E-state index contributed by atoms with van der Waals surface area (Å²) < 4.78 is 11.7. The zero-order valence-corrected chi connectivity index (χ0v) is 15.2. The molecular weight excluding hydrogens is 316 g/mol. The van der Waals surface area contributed by atoms with Gasteiger partial charge in [-0.05, 0) is 63.6 Å². The number of methoxy groups -OCH3 is 1. The number of amides is 1. The second-order valence-corrected chi connectivity index (χ2v) is 7.15. The molecule has 1 atom stereocenters. The van der Waals surface area contributed by atoms with Crippen LogP contribution in [0.1, 0.15) is 50.5 Å². The number of nitrogens with one attached hydrogen (secondary N) is 2. The Bertz CT molecular complexity index is 564. The van der Waals surface area contributed by atoms with E-state index >= 15 is 0 Å². The maximum Gasteiger partial charge on any atom is 0.220 e. The van der Waals surface area contributed by atoms with Crippen molar-refractivity contribution in [3.8, 4) is 11.5 Å². The molecule has 2 N–H and O–H groups in total. The topological polar surface area (TPSA) is 59.6 Å². The molecule has 1 aliphatic carbocycles. The largest absolute Gasteiger partial charge is 0.493 e. The summed E-state index contributed by atoms with van der Waals surface area (Å²) in [5, 5.41) is 6.39. The molecule has 25 heavy (non-hydrogen) atoms. The van der Waals surface area contributed by atoms with Crippen LogP contribution in [-0.4, -0.2) is 32.2 Å². The summed E-state index contributed by atoms with van der Waals surface area (Å²) in [5.41, 5.74) is 0.988. The summed E-state index contributed by atoms with van der Waals surface area (Å²) in [6.45, 7) is 2.61. The van der Waals surface area contributed by atoms with Crippen LogP contribution < -0.4 is 20.1 Å². The van der Waals surface area contributed by atoms with Crippen LogP contribution in [0.25, 0.3) is 0 Å². The van der Waals surface area contributed by atoms with Gasteiger partial charge in [0.2, 0.25) is 5.91 Å². The van der Waals surface area contributed by atoms with Crippen LogP contribution in [-0.2, 0) is 11.3 Å². The highest BCUT2D eigenvalue weighted by Gasteiger charge is 2.21. The number of hydrogen-bond acceptors (Lipinski definition) is 4. The van der Waals surface area contributed by atoms with E-state index in [-0.39, 0.29) is 12.0 Å². The Morgan fingerprint density at radius 2 is 2.12 bits per heavy atom. The Balaban J connectivity index is 1.55. The van der Waals surface area contributed by atoms with Crippen molar-refractivity contribution >= 4 is 5.91 Å². The van der Waals surface area contributed by atoms with Crippen molar-refractivity contribution in [3.05, 3.63) is 23.8 Å². The molecular formula is C20H30N2O3. The van der Waals surface area contributed by atoms with Gasteiger partial charge in [0, 0.05) is 18.5 Å². The number of ether oxygens (including phenoxy) is 2. The van der Waals surface area contributed by atoms with E-state index in [1.165, 1.54) is 19.3 Å². The fourth-order valence-corrected chi connectivity index (χ4v) is 3.75. The van der Waals surface area contributed by atoms with Gasteiger partial charge in [-0.2, -0.15) is 0 Å². The number of carbonyl (C=O) groups excluding carboxylic acids is 1. The van der Waals surface area contributed by atoms with Crippen LogP contribution in [0.15, 0.2) is 18.2 Å². The average Bonchev–Trinajstić information content (AvgIpc) is 3.32. The van der Waals surface area contributed by atoms with Crippen LogP contribution in [0.2, 0.25) is 0 Å². The van der Waals surface area contributed by atoms with Crippen molar-refractivity contribution < 1.29 is 14.3 Å². The Labute approximate surface area is 150 Å². The van der Waals surface area contributed by atoms with Crippen LogP contribution in [0, 0.1) is 5.92 Å². The summed E-state index contributed by atoms with van der Waals surface area (Å²) in [6.07, 6.45) is 7.64. The summed E-state index contributed by atoms with van der Waals surface area (Å²) >= 11 is 0. The maximum absolute atomic E-state index is 12.2. The Kier molecular flexibility index (Phi) is 6.56. The third-order valence-corrected chi connectivity index (χ3v) is 5.29. The lowest BCUT2D eigenvalue weighted by molar-refractivity contribution is -0.121. The van der Waals surface area contributed by atoms with Crippen LogP contribution in [0.4, 0.5) is 0 Å². The molecule has 1 aromatic rings. The smallest absolute Gasteiger partial charge is 0.220 e. The molecule has 5 heteroatoms. The molecule has 3 rings (SSSR count). The highest BCUT2D eigenvalue weighted by atomic mass is 16.5. The number of benzene rings is 1. The Morgan fingerprint density at radius 3 is 2.84 bits per heavy atom. The third-order valence-electron chi connectivity index (χ3n) is 5.29. The molecule has 1 aliphatic heterocycles. The first-order valence-electron chi connectivity index (χ1n) is 9.56. The molecule has 1 heterocycles. The van der Waals surface area contributed by atoms with E-state index in [0.717, 1.165) is 49.4 Å². The van der Waals surface area contributed by atoms with Crippen molar-refractivity contribution in [3.63, 3.8) is 0 Å². The van der Waals surface area contributed by atoms with E-state index in [0.29, 0.717) is 18.9 Å². The van der Waals surface area contributed by atoms with Gasteiger partial charge in [-0.3, -0.25) is 4.79 Å². The molecule has 1 saturated carbocycles. The summed E-state index contributed by atoms with van der Waals surface area (Å²) in [7, 11) is 1.66. The SMILES string of the molecule is COc1cccc(CNC(=O)CCC2CCNC2)c1OC1CCCC1. The lowest BCUT2D eigenvalue weighted by Crippen LogP contribution is -2.24. The zero-order valence-electron chi connectivity index (χ0n) is 15.2. The molecule has 1 amide bonds. The van der Waals surface area contributed by atoms with E-state index < -0.39 is 0 Å². The monoisotopic (exact) mass is 346 g/mol. The second-order valence-electron chi connectivity index (χ2n) is 7.15. The van der Waals surface area contributed by atoms with Crippen LogP contribution in [0.5, 0.6) is 11.5 Å². The van der Waals surface area contributed by atoms with Gasteiger partial charge in [0.05, 0.1) is 13.2 Å². The summed E-state index contributed by atoms with van der Waals surface area (Å²) in [4.78, 5) is 12.2.